The van der Waals surface area contributed by atoms with Crippen LogP contribution in [0.25, 0.3) is 0 Å². The van der Waals surface area contributed by atoms with Gasteiger partial charge in [0.2, 0.25) is 0 Å². The first-order valence-electron chi connectivity index (χ1n) is 9.21. The highest BCUT2D eigenvalue weighted by Crippen LogP contribution is 2.33. The number of nitrogens with zero attached hydrogens (tertiary/aromatic N) is 1. The summed E-state index contributed by atoms with van der Waals surface area (Å²) in [6.45, 7) is 2.74. The molecule has 0 bridgehead atoms. The minimum atomic E-state index is -1.18. The van der Waals surface area contributed by atoms with Crippen LogP contribution in [0.4, 0.5) is 0 Å². The highest BCUT2D eigenvalue weighted by atomic mass is 79.9. The summed E-state index contributed by atoms with van der Waals surface area (Å²) in [7, 11) is 3.84. The lowest BCUT2D eigenvalue weighted by Gasteiger charge is -2.32. The lowest BCUT2D eigenvalue weighted by atomic mass is 9.88. The Morgan fingerprint density at radius 2 is 1.68 bits per heavy atom. The molecule has 1 atom stereocenters. The predicted molar refractivity (Wildman–Crippen MR) is 98.8 cm³/mol. The third kappa shape index (κ3) is 4.82. The monoisotopic (exact) mass is 388 g/mol. The van der Waals surface area contributed by atoms with Crippen molar-refractivity contribution in [1.82, 2.24) is 4.90 Å². The standard InChI is InChI=1S/C18H22BrNO.ClH/c1-18(21-14-13-20(2)3,15-7-5-4-6-8-15)16-9-11-17(19)12-10-16;/h4-12H,13-14H2,1-3H3;1H/i4D,5D,6D,7D,8D;. The molecule has 4 heteroatoms. The second-order valence-electron chi connectivity index (χ2n) is 5.19. The van der Waals surface area contributed by atoms with Crippen molar-refractivity contribution in [1.29, 1.82) is 0 Å². The fourth-order valence-electron chi connectivity index (χ4n) is 1.99. The third-order valence-corrected chi connectivity index (χ3v) is 3.83. The van der Waals surface area contributed by atoms with Crippen LogP contribution in [0.3, 0.4) is 0 Å². The van der Waals surface area contributed by atoms with Crippen LogP contribution in [0.5, 0.6) is 0 Å². The molecule has 22 heavy (non-hydrogen) atoms. The second kappa shape index (κ2) is 8.68. The molecule has 0 heterocycles. The van der Waals surface area contributed by atoms with Crippen LogP contribution in [0.1, 0.15) is 24.9 Å². The van der Waals surface area contributed by atoms with E-state index >= 15 is 0 Å². The normalized spacial score (nSPS) is 16.7. The first kappa shape index (κ1) is 12.5. The Morgan fingerprint density at radius 1 is 1.09 bits per heavy atom. The fraction of sp³-hybridized carbons (Fsp3) is 0.333. The summed E-state index contributed by atoms with van der Waals surface area (Å²) in [5, 5.41) is 0. The van der Waals surface area contributed by atoms with E-state index in [9.17, 15) is 0 Å². The zero-order valence-electron chi connectivity index (χ0n) is 17.9. The van der Waals surface area contributed by atoms with Crippen LogP contribution >= 0.6 is 28.3 Å². The summed E-state index contributed by atoms with van der Waals surface area (Å²) in [5.74, 6) is 0. The van der Waals surface area contributed by atoms with Gasteiger partial charge in [-0.25, -0.2) is 0 Å². The number of halogens is 2. The molecule has 2 rings (SSSR count). The van der Waals surface area contributed by atoms with Gasteiger partial charge in [0.1, 0.15) is 5.60 Å². The van der Waals surface area contributed by atoms with Gasteiger partial charge in [-0.1, -0.05) is 58.3 Å². The van der Waals surface area contributed by atoms with Crippen molar-refractivity contribution in [2.75, 3.05) is 27.2 Å². The van der Waals surface area contributed by atoms with E-state index in [-0.39, 0.29) is 42.1 Å². The minimum absolute atomic E-state index is 0. The molecule has 2 aromatic carbocycles. The maximum absolute atomic E-state index is 8.33. The van der Waals surface area contributed by atoms with Crippen molar-refractivity contribution in [2.45, 2.75) is 12.5 Å². The SMILES string of the molecule is Cl.[2H]c1c([2H])c([2H])c(C(C)(OCCN(C)C)c2ccc(Br)cc2)c([2H])c1[2H]. The maximum atomic E-state index is 8.33. The molecule has 1 unspecified atom stereocenters. The summed E-state index contributed by atoms with van der Waals surface area (Å²) < 4.78 is 47.5. The zero-order valence-corrected chi connectivity index (χ0v) is 15.3. The van der Waals surface area contributed by atoms with Gasteiger partial charge in [-0.15, -0.1) is 12.4 Å². The molecule has 0 radical (unpaired) electrons. The number of rotatable bonds is 6. The Balaban J connectivity index is 0.00000364. The predicted octanol–water partition coefficient (Wildman–Crippen LogP) is 4.71. The van der Waals surface area contributed by atoms with Crippen LogP contribution in [0, 0.1) is 0 Å². The molecule has 0 saturated carbocycles. The number of benzene rings is 2. The van der Waals surface area contributed by atoms with E-state index in [4.69, 9.17) is 11.6 Å². The van der Waals surface area contributed by atoms with Gasteiger partial charge in [-0.05, 0) is 44.3 Å². The molecular weight excluding hydrogens is 362 g/mol. The van der Waals surface area contributed by atoms with Crippen molar-refractivity contribution in [3.63, 3.8) is 0 Å². The topological polar surface area (TPSA) is 12.5 Å². The maximum Gasteiger partial charge on any atom is 0.115 e. The summed E-state index contributed by atoms with van der Waals surface area (Å²) >= 11 is 3.40. The molecule has 0 spiro atoms. The van der Waals surface area contributed by atoms with Crippen LogP contribution in [0.15, 0.2) is 59.0 Å². The molecule has 2 aromatic rings. The highest BCUT2D eigenvalue weighted by Gasteiger charge is 2.29. The molecule has 0 aromatic heterocycles. The summed E-state index contributed by atoms with van der Waals surface area (Å²) in [6, 6.07) is 5.74. The summed E-state index contributed by atoms with van der Waals surface area (Å²) in [6.07, 6.45) is 0. The van der Waals surface area contributed by atoms with Crippen molar-refractivity contribution >= 4 is 28.3 Å². The van der Waals surface area contributed by atoms with Gasteiger partial charge in [-0.2, -0.15) is 0 Å². The van der Waals surface area contributed by atoms with E-state index in [0.29, 0.717) is 13.2 Å². The fourth-order valence-corrected chi connectivity index (χ4v) is 2.25. The summed E-state index contributed by atoms with van der Waals surface area (Å²) in [4.78, 5) is 1.96. The Morgan fingerprint density at radius 3 is 2.23 bits per heavy atom. The number of hydrogen-bond acceptors (Lipinski definition) is 2. The second-order valence-corrected chi connectivity index (χ2v) is 6.11. The largest absolute Gasteiger partial charge is 0.365 e. The van der Waals surface area contributed by atoms with Crippen LogP contribution < -0.4 is 0 Å². The highest BCUT2D eigenvalue weighted by molar-refractivity contribution is 9.10. The van der Waals surface area contributed by atoms with Gasteiger partial charge in [0.15, 0.2) is 0 Å². The Hall–Kier alpha value is -0.870. The van der Waals surface area contributed by atoms with E-state index in [1.807, 2.05) is 43.3 Å². The van der Waals surface area contributed by atoms with Gasteiger partial charge in [0.25, 0.3) is 0 Å². The van der Waals surface area contributed by atoms with Gasteiger partial charge in [0.05, 0.1) is 13.5 Å². The van der Waals surface area contributed by atoms with Crippen molar-refractivity contribution in [3.8, 4) is 0 Å². The van der Waals surface area contributed by atoms with E-state index in [1.165, 1.54) is 0 Å². The third-order valence-electron chi connectivity index (χ3n) is 3.30. The molecule has 2 nitrogen and oxygen atoms in total. The quantitative estimate of drug-likeness (QED) is 0.709. The van der Waals surface area contributed by atoms with E-state index in [2.05, 4.69) is 15.9 Å². The van der Waals surface area contributed by atoms with E-state index in [0.717, 1.165) is 10.0 Å². The lowest BCUT2D eigenvalue weighted by molar-refractivity contribution is -0.0101. The van der Waals surface area contributed by atoms with Gasteiger partial charge >= 0.3 is 0 Å². The Bertz CT molecular complexity index is 774. The molecule has 0 amide bonds. The zero-order chi connectivity index (χ0) is 19.6. The number of ether oxygens (including phenoxy) is 1. The molecule has 0 aliphatic heterocycles. The van der Waals surface area contributed by atoms with Gasteiger partial charge < -0.3 is 9.64 Å². The average Bonchev–Trinajstić information content (AvgIpc) is 2.58. The van der Waals surface area contributed by atoms with Gasteiger partial charge in [0, 0.05) is 11.0 Å². The smallest absolute Gasteiger partial charge is 0.115 e. The molecular formula is C18H23BrClNO. The Labute approximate surface area is 155 Å². The Kier molecular flexibility index (Phi) is 4.95. The molecule has 0 aliphatic carbocycles. The van der Waals surface area contributed by atoms with Crippen LogP contribution in [0.2, 0.25) is 0 Å². The van der Waals surface area contributed by atoms with Crippen LogP contribution in [-0.4, -0.2) is 32.1 Å². The molecule has 0 N–H and O–H groups in total. The van der Waals surface area contributed by atoms with Crippen molar-refractivity contribution in [3.05, 3.63) is 70.1 Å². The first-order chi connectivity index (χ1) is 12.1. The van der Waals surface area contributed by atoms with E-state index < -0.39 is 11.6 Å². The molecule has 120 valence electrons. The van der Waals surface area contributed by atoms with Crippen LogP contribution in [-0.2, 0) is 10.3 Å². The van der Waals surface area contributed by atoms with E-state index in [1.54, 1.807) is 6.92 Å². The number of hydrogen-bond donors (Lipinski definition) is 0. The molecule has 0 aliphatic rings. The van der Waals surface area contributed by atoms with Crippen molar-refractivity contribution in [2.24, 2.45) is 0 Å². The number of likely N-dealkylation sites (N-methyl/N-ethyl adjacent to an activating group) is 1. The first-order valence-corrected chi connectivity index (χ1v) is 7.51. The molecule has 0 saturated heterocycles. The lowest BCUT2D eigenvalue weighted by Crippen LogP contribution is -2.31. The molecule has 0 fully saturated rings. The average molecular weight is 390 g/mol. The van der Waals surface area contributed by atoms with Gasteiger partial charge in [-0.3, -0.25) is 0 Å². The van der Waals surface area contributed by atoms with Crippen molar-refractivity contribution < 1.29 is 11.6 Å². The minimum Gasteiger partial charge on any atom is -0.365 e. The summed E-state index contributed by atoms with van der Waals surface area (Å²) in [5.41, 5.74) is -0.313.